The molecule has 0 aromatic rings. The Balaban J connectivity index is 2.00. The first-order valence-corrected chi connectivity index (χ1v) is 4.21. The number of hydrogen-bond acceptors (Lipinski definition) is 3. The molecule has 11 heavy (non-hydrogen) atoms. The standard InChI is InChI=1S/C8H14O3/c9-7-1-5-3-11-4-6(5)2-8(7)10/h5-10H,1-4H2/t5-,6-,7-,8+/m0/s1. The van der Waals surface area contributed by atoms with Gasteiger partial charge in [0.1, 0.15) is 0 Å². The number of ether oxygens (including phenoxy) is 1. The van der Waals surface area contributed by atoms with Gasteiger partial charge in [0.15, 0.2) is 0 Å². The normalized spacial score (nSPS) is 50.7. The maximum atomic E-state index is 9.32. The van der Waals surface area contributed by atoms with E-state index in [1.54, 1.807) is 0 Å². The monoisotopic (exact) mass is 158 g/mol. The molecule has 2 fully saturated rings. The maximum absolute atomic E-state index is 9.32. The molecule has 1 saturated carbocycles. The van der Waals surface area contributed by atoms with Crippen LogP contribution >= 0.6 is 0 Å². The van der Waals surface area contributed by atoms with Crippen molar-refractivity contribution in [2.24, 2.45) is 11.8 Å². The van der Waals surface area contributed by atoms with Crippen LogP contribution in [-0.2, 0) is 4.74 Å². The van der Waals surface area contributed by atoms with Gasteiger partial charge in [-0.15, -0.1) is 0 Å². The smallest absolute Gasteiger partial charge is 0.0802 e. The third kappa shape index (κ3) is 1.28. The highest BCUT2D eigenvalue weighted by Crippen LogP contribution is 2.34. The van der Waals surface area contributed by atoms with Gasteiger partial charge in [0, 0.05) is 13.2 Å². The van der Waals surface area contributed by atoms with Crippen LogP contribution in [0.5, 0.6) is 0 Å². The minimum Gasteiger partial charge on any atom is -0.390 e. The zero-order chi connectivity index (χ0) is 7.84. The Morgan fingerprint density at radius 3 is 1.82 bits per heavy atom. The summed E-state index contributed by atoms with van der Waals surface area (Å²) in [6.07, 6.45) is 0.397. The molecule has 1 aliphatic heterocycles. The van der Waals surface area contributed by atoms with E-state index in [2.05, 4.69) is 0 Å². The fourth-order valence-corrected chi connectivity index (χ4v) is 2.10. The number of rotatable bonds is 0. The molecule has 3 nitrogen and oxygen atoms in total. The molecule has 0 radical (unpaired) electrons. The van der Waals surface area contributed by atoms with E-state index in [1.807, 2.05) is 0 Å². The predicted octanol–water partition coefficient (Wildman–Crippen LogP) is -0.235. The fraction of sp³-hybridized carbons (Fsp3) is 1.00. The summed E-state index contributed by atoms with van der Waals surface area (Å²) in [6, 6.07) is 0. The van der Waals surface area contributed by atoms with Crippen LogP contribution in [0.4, 0.5) is 0 Å². The number of aliphatic hydroxyl groups excluding tert-OH is 2. The summed E-state index contributed by atoms with van der Waals surface area (Å²) < 4.78 is 5.27. The van der Waals surface area contributed by atoms with Crippen molar-refractivity contribution in [3.63, 3.8) is 0 Å². The number of hydrogen-bond donors (Lipinski definition) is 2. The minimum atomic E-state index is -0.516. The van der Waals surface area contributed by atoms with Crippen molar-refractivity contribution >= 4 is 0 Å². The Morgan fingerprint density at radius 2 is 1.36 bits per heavy atom. The second kappa shape index (κ2) is 2.73. The van der Waals surface area contributed by atoms with E-state index in [4.69, 9.17) is 4.74 Å². The lowest BCUT2D eigenvalue weighted by Crippen LogP contribution is -2.38. The average Bonchev–Trinajstić information content (AvgIpc) is 2.36. The van der Waals surface area contributed by atoms with Crippen molar-refractivity contribution in [3.8, 4) is 0 Å². The molecule has 2 rings (SSSR count). The molecular formula is C8H14O3. The lowest BCUT2D eigenvalue weighted by atomic mass is 9.79. The van der Waals surface area contributed by atoms with Crippen LogP contribution < -0.4 is 0 Å². The zero-order valence-electron chi connectivity index (χ0n) is 6.44. The molecule has 2 aliphatic rings. The van der Waals surface area contributed by atoms with Crippen molar-refractivity contribution in [1.29, 1.82) is 0 Å². The quantitative estimate of drug-likeness (QED) is 0.511. The Bertz CT molecular complexity index is 132. The van der Waals surface area contributed by atoms with Crippen molar-refractivity contribution < 1.29 is 14.9 Å². The maximum Gasteiger partial charge on any atom is 0.0802 e. The summed E-state index contributed by atoms with van der Waals surface area (Å²) in [5.41, 5.74) is 0. The molecule has 0 bridgehead atoms. The van der Waals surface area contributed by atoms with Gasteiger partial charge in [0.2, 0.25) is 0 Å². The van der Waals surface area contributed by atoms with Gasteiger partial charge in [0.25, 0.3) is 0 Å². The highest BCUT2D eigenvalue weighted by atomic mass is 16.5. The van der Waals surface area contributed by atoms with E-state index in [-0.39, 0.29) is 0 Å². The van der Waals surface area contributed by atoms with E-state index in [0.29, 0.717) is 24.7 Å². The molecule has 4 atom stereocenters. The van der Waals surface area contributed by atoms with E-state index < -0.39 is 12.2 Å². The molecule has 1 aliphatic carbocycles. The van der Waals surface area contributed by atoms with Crippen molar-refractivity contribution in [1.82, 2.24) is 0 Å². The second-order valence-electron chi connectivity index (χ2n) is 3.66. The predicted molar refractivity (Wildman–Crippen MR) is 39.0 cm³/mol. The van der Waals surface area contributed by atoms with Crippen molar-refractivity contribution in [2.45, 2.75) is 25.0 Å². The van der Waals surface area contributed by atoms with Crippen LogP contribution in [0, 0.1) is 11.8 Å². The van der Waals surface area contributed by atoms with Crippen LogP contribution in [0.3, 0.4) is 0 Å². The van der Waals surface area contributed by atoms with Crippen molar-refractivity contribution in [2.75, 3.05) is 13.2 Å². The molecule has 1 heterocycles. The molecule has 0 amide bonds. The second-order valence-corrected chi connectivity index (χ2v) is 3.66. The third-order valence-corrected chi connectivity index (χ3v) is 2.86. The highest BCUT2D eigenvalue weighted by molar-refractivity contribution is 4.87. The summed E-state index contributed by atoms with van der Waals surface area (Å²) in [6.45, 7) is 1.54. The molecule has 0 aromatic heterocycles. The molecule has 0 aromatic carbocycles. The molecule has 64 valence electrons. The van der Waals surface area contributed by atoms with Gasteiger partial charge < -0.3 is 14.9 Å². The first-order valence-electron chi connectivity index (χ1n) is 4.21. The summed E-state index contributed by atoms with van der Waals surface area (Å²) in [5.74, 6) is 0.988. The molecule has 3 heteroatoms. The van der Waals surface area contributed by atoms with E-state index in [1.165, 1.54) is 0 Å². The van der Waals surface area contributed by atoms with Gasteiger partial charge in [-0.05, 0) is 24.7 Å². The van der Waals surface area contributed by atoms with E-state index in [0.717, 1.165) is 13.2 Å². The minimum absolute atomic E-state index is 0.494. The molecular weight excluding hydrogens is 144 g/mol. The van der Waals surface area contributed by atoms with Gasteiger partial charge in [-0.3, -0.25) is 0 Å². The Hall–Kier alpha value is -0.120. The van der Waals surface area contributed by atoms with Crippen LogP contribution in [0.2, 0.25) is 0 Å². The fourth-order valence-electron chi connectivity index (χ4n) is 2.10. The lowest BCUT2D eigenvalue weighted by molar-refractivity contribution is -0.0372. The van der Waals surface area contributed by atoms with Gasteiger partial charge in [-0.25, -0.2) is 0 Å². The van der Waals surface area contributed by atoms with E-state index in [9.17, 15) is 10.2 Å². The zero-order valence-corrected chi connectivity index (χ0v) is 6.44. The third-order valence-electron chi connectivity index (χ3n) is 2.86. The number of aliphatic hydroxyl groups is 2. The molecule has 0 spiro atoms. The summed E-state index contributed by atoms with van der Waals surface area (Å²) in [5, 5.41) is 18.6. The van der Waals surface area contributed by atoms with Gasteiger partial charge in [-0.2, -0.15) is 0 Å². The largest absolute Gasteiger partial charge is 0.390 e. The van der Waals surface area contributed by atoms with E-state index >= 15 is 0 Å². The van der Waals surface area contributed by atoms with Crippen LogP contribution in [0.15, 0.2) is 0 Å². The summed E-state index contributed by atoms with van der Waals surface area (Å²) in [7, 11) is 0. The van der Waals surface area contributed by atoms with Crippen LogP contribution in [0.25, 0.3) is 0 Å². The van der Waals surface area contributed by atoms with Crippen LogP contribution in [0.1, 0.15) is 12.8 Å². The molecule has 1 saturated heterocycles. The SMILES string of the molecule is O[C@@H]1C[C@H]2COC[C@@H]2C[C@@H]1O. The topological polar surface area (TPSA) is 49.7 Å². The van der Waals surface area contributed by atoms with Gasteiger partial charge >= 0.3 is 0 Å². The summed E-state index contributed by atoms with van der Waals surface area (Å²) in [4.78, 5) is 0. The Labute approximate surface area is 66.0 Å². The Morgan fingerprint density at radius 1 is 0.909 bits per heavy atom. The Kier molecular flexibility index (Phi) is 1.87. The van der Waals surface area contributed by atoms with Gasteiger partial charge in [0.05, 0.1) is 12.2 Å². The van der Waals surface area contributed by atoms with Gasteiger partial charge in [-0.1, -0.05) is 0 Å². The average molecular weight is 158 g/mol. The number of fused-ring (bicyclic) bond motifs is 1. The molecule has 0 unspecified atom stereocenters. The highest BCUT2D eigenvalue weighted by Gasteiger charge is 2.38. The first kappa shape index (κ1) is 7.53. The van der Waals surface area contributed by atoms with Crippen LogP contribution in [-0.4, -0.2) is 35.6 Å². The first-order chi connectivity index (χ1) is 5.27. The molecule has 2 N–H and O–H groups in total. The summed E-state index contributed by atoms with van der Waals surface area (Å²) >= 11 is 0. The lowest BCUT2D eigenvalue weighted by Gasteiger charge is -2.31. The van der Waals surface area contributed by atoms with Crippen molar-refractivity contribution in [3.05, 3.63) is 0 Å².